The first-order valence-corrected chi connectivity index (χ1v) is 21.1. The zero-order valence-electron chi connectivity index (χ0n) is 33.7. The Morgan fingerprint density at radius 2 is 0.645 bits per heavy atom. The Kier molecular flexibility index (Phi) is 8.46. The lowest BCUT2D eigenvalue weighted by Crippen LogP contribution is -1.97. The van der Waals surface area contributed by atoms with Crippen LogP contribution in [0.3, 0.4) is 0 Å². The molecule has 290 valence electrons. The van der Waals surface area contributed by atoms with Gasteiger partial charge in [0.1, 0.15) is 0 Å². The van der Waals surface area contributed by atoms with E-state index in [1.807, 2.05) is 6.07 Å². The van der Waals surface area contributed by atoms with Crippen molar-refractivity contribution < 1.29 is 0 Å². The summed E-state index contributed by atoms with van der Waals surface area (Å²) in [5.74, 6) is 0.691. The molecule has 4 nitrogen and oxygen atoms in total. The average molecular weight is 791 g/mol. The molecular formula is C58H38N4. The minimum atomic E-state index is 0.691. The van der Waals surface area contributed by atoms with Crippen LogP contribution >= 0.6 is 0 Å². The van der Waals surface area contributed by atoms with Crippen LogP contribution in [-0.4, -0.2) is 19.1 Å². The Labute approximate surface area is 359 Å². The van der Waals surface area contributed by atoms with Crippen molar-refractivity contribution in [2.75, 3.05) is 0 Å². The molecule has 9 aromatic carbocycles. The third kappa shape index (κ3) is 6.08. The predicted octanol–water partition coefficient (Wildman–Crippen LogP) is 15.0. The van der Waals surface area contributed by atoms with Gasteiger partial charge in [0.25, 0.3) is 0 Å². The van der Waals surface area contributed by atoms with Gasteiger partial charge in [-0.3, -0.25) is 0 Å². The van der Waals surface area contributed by atoms with E-state index in [1.165, 1.54) is 60.3 Å². The summed E-state index contributed by atoms with van der Waals surface area (Å²) in [4.78, 5) is 10.4. The third-order valence-electron chi connectivity index (χ3n) is 12.1. The molecular weight excluding hydrogens is 753 g/mol. The lowest BCUT2D eigenvalue weighted by Gasteiger charge is -2.12. The van der Waals surface area contributed by atoms with Crippen LogP contribution in [-0.2, 0) is 0 Å². The molecule has 0 radical (unpaired) electrons. The van der Waals surface area contributed by atoms with Crippen LogP contribution in [0.2, 0.25) is 0 Å². The van der Waals surface area contributed by atoms with Gasteiger partial charge in [-0.05, 0) is 82.9 Å². The molecule has 0 spiro atoms. The van der Waals surface area contributed by atoms with E-state index in [4.69, 9.17) is 9.97 Å². The Balaban J connectivity index is 0.953. The first-order chi connectivity index (χ1) is 30.7. The number of rotatable bonds is 7. The minimum Gasteiger partial charge on any atom is -0.309 e. The summed E-state index contributed by atoms with van der Waals surface area (Å²) in [7, 11) is 0. The maximum absolute atomic E-state index is 5.22. The van der Waals surface area contributed by atoms with E-state index in [-0.39, 0.29) is 0 Å². The first-order valence-electron chi connectivity index (χ1n) is 21.1. The Morgan fingerprint density at radius 1 is 0.242 bits per heavy atom. The predicted molar refractivity (Wildman–Crippen MR) is 258 cm³/mol. The molecule has 12 rings (SSSR count). The van der Waals surface area contributed by atoms with E-state index in [2.05, 4.69) is 234 Å². The van der Waals surface area contributed by atoms with Gasteiger partial charge in [-0.2, -0.15) is 0 Å². The minimum absolute atomic E-state index is 0.691. The molecule has 0 saturated carbocycles. The summed E-state index contributed by atoms with van der Waals surface area (Å²) in [6, 6.07) is 82.1. The fourth-order valence-electron chi connectivity index (χ4n) is 9.15. The van der Waals surface area contributed by atoms with Crippen LogP contribution in [0.15, 0.2) is 231 Å². The van der Waals surface area contributed by atoms with Crippen molar-refractivity contribution in [1.82, 2.24) is 19.1 Å². The average Bonchev–Trinajstić information content (AvgIpc) is 3.86. The molecule has 12 aromatic rings. The van der Waals surface area contributed by atoms with E-state index in [0.29, 0.717) is 5.82 Å². The molecule has 0 unspecified atom stereocenters. The maximum Gasteiger partial charge on any atom is 0.160 e. The van der Waals surface area contributed by atoms with Crippen molar-refractivity contribution >= 4 is 43.6 Å². The van der Waals surface area contributed by atoms with Crippen LogP contribution < -0.4 is 0 Å². The Hall–Kier alpha value is -8.34. The van der Waals surface area contributed by atoms with Crippen LogP contribution in [0.25, 0.3) is 111 Å². The summed E-state index contributed by atoms with van der Waals surface area (Å²) in [5, 5.41) is 4.91. The molecule has 0 fully saturated rings. The van der Waals surface area contributed by atoms with Crippen LogP contribution in [0.1, 0.15) is 0 Å². The second-order valence-corrected chi connectivity index (χ2v) is 15.8. The number of nitrogens with zero attached hydrogens (tertiary/aromatic N) is 4. The molecule has 62 heavy (non-hydrogen) atoms. The highest BCUT2D eigenvalue weighted by Gasteiger charge is 2.19. The van der Waals surface area contributed by atoms with E-state index < -0.39 is 0 Å². The van der Waals surface area contributed by atoms with Gasteiger partial charge in [-0.1, -0.05) is 170 Å². The van der Waals surface area contributed by atoms with Crippen molar-refractivity contribution in [3.63, 3.8) is 0 Å². The number of benzene rings is 9. The van der Waals surface area contributed by atoms with E-state index in [1.54, 1.807) is 0 Å². The van der Waals surface area contributed by atoms with Gasteiger partial charge in [0.05, 0.1) is 33.5 Å². The fraction of sp³-hybridized carbons (Fsp3) is 0. The summed E-state index contributed by atoms with van der Waals surface area (Å²) >= 11 is 0. The van der Waals surface area contributed by atoms with Crippen LogP contribution in [0.4, 0.5) is 0 Å². The number of hydrogen-bond donors (Lipinski definition) is 0. The zero-order valence-corrected chi connectivity index (χ0v) is 33.7. The molecule has 0 aliphatic carbocycles. The SMILES string of the molecule is c1ccc(-c2cccc(-c3ccc(-c4nc(-c5ccccc5)cc(-c5ccc(-n6c7ccccc7c7cc8c(cc76)c6ccccc6n8-c6ccccc6)cc5)n4)cc3)c2)cc1. The van der Waals surface area contributed by atoms with Gasteiger partial charge in [0.2, 0.25) is 0 Å². The van der Waals surface area contributed by atoms with Crippen molar-refractivity contribution in [3.8, 4) is 67.5 Å². The second kappa shape index (κ2) is 14.7. The molecule has 3 aromatic heterocycles. The molecule has 0 N–H and O–H groups in total. The smallest absolute Gasteiger partial charge is 0.160 e. The number of aromatic nitrogens is 4. The molecule has 0 amide bonds. The molecule has 4 heteroatoms. The lowest BCUT2D eigenvalue weighted by molar-refractivity contribution is 1.17. The standard InChI is InChI=1S/C58H38N4/c1-4-15-39(16-5-1)44-19-14-20-45(35-44)40-27-29-43(30-28-40)58-59-52(41-17-6-2-7-18-41)38-53(60-58)42-31-33-47(34-32-42)62-55-26-13-11-24-49(55)51-36-56-50(37-57(51)62)48-23-10-12-25-54(48)61(56)46-21-8-3-9-22-46/h1-38H. The van der Waals surface area contributed by atoms with Gasteiger partial charge >= 0.3 is 0 Å². The Morgan fingerprint density at radius 3 is 1.21 bits per heavy atom. The van der Waals surface area contributed by atoms with Gasteiger partial charge < -0.3 is 9.13 Å². The third-order valence-corrected chi connectivity index (χ3v) is 12.1. The summed E-state index contributed by atoms with van der Waals surface area (Å²) in [6.45, 7) is 0. The molecule has 0 atom stereocenters. The largest absolute Gasteiger partial charge is 0.309 e. The second-order valence-electron chi connectivity index (χ2n) is 15.8. The topological polar surface area (TPSA) is 35.6 Å². The summed E-state index contributed by atoms with van der Waals surface area (Å²) < 4.78 is 4.80. The van der Waals surface area contributed by atoms with Crippen molar-refractivity contribution in [3.05, 3.63) is 231 Å². The molecule has 0 aliphatic rings. The Bertz CT molecular complexity index is 3590. The zero-order chi connectivity index (χ0) is 41.0. The van der Waals surface area contributed by atoms with Gasteiger partial charge in [0.15, 0.2) is 5.82 Å². The maximum atomic E-state index is 5.22. The van der Waals surface area contributed by atoms with Crippen molar-refractivity contribution in [2.24, 2.45) is 0 Å². The molecule has 0 saturated heterocycles. The first kappa shape index (κ1) is 35.6. The van der Waals surface area contributed by atoms with Crippen LogP contribution in [0, 0.1) is 0 Å². The van der Waals surface area contributed by atoms with E-state index >= 15 is 0 Å². The van der Waals surface area contributed by atoms with Gasteiger partial charge in [-0.15, -0.1) is 0 Å². The number of para-hydroxylation sites is 3. The molecule has 0 aliphatic heterocycles. The van der Waals surface area contributed by atoms with Gasteiger partial charge in [0, 0.05) is 49.6 Å². The highest BCUT2D eigenvalue weighted by molar-refractivity contribution is 6.19. The normalized spacial score (nSPS) is 11.5. The number of fused-ring (bicyclic) bond motifs is 6. The summed E-state index contributed by atoms with van der Waals surface area (Å²) in [5.41, 5.74) is 16.5. The molecule has 3 heterocycles. The summed E-state index contributed by atoms with van der Waals surface area (Å²) in [6.07, 6.45) is 0. The fourth-order valence-corrected chi connectivity index (χ4v) is 9.15. The van der Waals surface area contributed by atoms with E-state index in [0.717, 1.165) is 45.0 Å². The van der Waals surface area contributed by atoms with Gasteiger partial charge in [-0.25, -0.2) is 9.97 Å². The van der Waals surface area contributed by atoms with Crippen LogP contribution in [0.5, 0.6) is 0 Å². The highest BCUT2D eigenvalue weighted by Crippen LogP contribution is 2.40. The highest BCUT2D eigenvalue weighted by atomic mass is 15.0. The monoisotopic (exact) mass is 790 g/mol. The number of hydrogen-bond acceptors (Lipinski definition) is 2. The van der Waals surface area contributed by atoms with Crippen molar-refractivity contribution in [1.29, 1.82) is 0 Å². The van der Waals surface area contributed by atoms with E-state index in [9.17, 15) is 0 Å². The quantitative estimate of drug-likeness (QED) is 0.161. The lowest BCUT2D eigenvalue weighted by atomic mass is 9.98. The molecule has 0 bridgehead atoms. The van der Waals surface area contributed by atoms with Crippen molar-refractivity contribution in [2.45, 2.75) is 0 Å².